The number of cyclic esters (lactones) is 1. The van der Waals surface area contributed by atoms with E-state index >= 15 is 0 Å². The molecule has 190 valence electrons. The molecule has 1 aromatic rings. The fourth-order valence-corrected chi connectivity index (χ4v) is 9.11. The average molecular weight is 489 g/mol. The third kappa shape index (κ3) is 2.42. The van der Waals surface area contributed by atoms with Crippen LogP contribution in [0.2, 0.25) is 0 Å². The Morgan fingerprint density at radius 2 is 1.86 bits per heavy atom. The van der Waals surface area contributed by atoms with Crippen LogP contribution < -0.4 is 0 Å². The number of epoxide rings is 1. The van der Waals surface area contributed by atoms with E-state index in [0.29, 0.717) is 18.4 Å². The van der Waals surface area contributed by atoms with Crippen molar-refractivity contribution >= 4 is 17.7 Å². The molecule has 1 spiro atoms. The van der Waals surface area contributed by atoms with Crippen LogP contribution in [0.15, 0.2) is 23.0 Å². The first kappa shape index (κ1) is 23.2. The van der Waals surface area contributed by atoms with Gasteiger partial charge in [-0.15, -0.1) is 0 Å². The number of furan rings is 1. The lowest BCUT2D eigenvalue weighted by Gasteiger charge is -2.64. The Hall–Kier alpha value is -2.23. The first-order chi connectivity index (χ1) is 16.4. The number of aliphatic hydroxyl groups is 1. The lowest BCUT2D eigenvalue weighted by atomic mass is 9.37. The summed E-state index contributed by atoms with van der Waals surface area (Å²) >= 11 is 0. The van der Waals surface area contributed by atoms with E-state index in [0.717, 1.165) is 0 Å². The van der Waals surface area contributed by atoms with Gasteiger partial charge in [-0.05, 0) is 45.6 Å². The molecule has 0 amide bonds. The summed E-state index contributed by atoms with van der Waals surface area (Å²) in [6.07, 6.45) is 1.74. The van der Waals surface area contributed by atoms with Crippen molar-refractivity contribution in [2.75, 3.05) is 6.61 Å². The van der Waals surface area contributed by atoms with Crippen molar-refractivity contribution in [2.45, 2.75) is 82.9 Å². The van der Waals surface area contributed by atoms with Crippen LogP contribution in [0.4, 0.5) is 0 Å². The van der Waals surface area contributed by atoms with Crippen molar-refractivity contribution in [3.8, 4) is 0 Å². The van der Waals surface area contributed by atoms with Gasteiger partial charge in [-0.2, -0.15) is 0 Å². The Labute approximate surface area is 203 Å². The van der Waals surface area contributed by atoms with Gasteiger partial charge in [0, 0.05) is 28.7 Å². The molecule has 0 bridgehead atoms. The molecule has 3 aliphatic heterocycles. The molecular formula is C26H32O9. The molecule has 5 fully saturated rings. The Morgan fingerprint density at radius 1 is 1.11 bits per heavy atom. The summed E-state index contributed by atoms with van der Waals surface area (Å²) in [5, 5.41) is 20.7. The van der Waals surface area contributed by atoms with E-state index in [1.807, 2.05) is 27.7 Å². The van der Waals surface area contributed by atoms with E-state index in [-0.39, 0.29) is 31.1 Å². The number of aliphatic carboxylic acids is 1. The highest BCUT2D eigenvalue weighted by Gasteiger charge is 2.89. The fraction of sp³-hybridized carbons (Fsp3) is 0.731. The summed E-state index contributed by atoms with van der Waals surface area (Å²) < 4.78 is 23.8. The number of rotatable bonds is 4. The number of ketones is 1. The molecule has 9 nitrogen and oxygen atoms in total. The standard InChI is InChI=1S/C26H32O9/c1-22(2)15-9-16(28)24(4)14(25(15,12-27)17(34-22)10-18(29)30)5-7-23(3)19(13-6-8-32-11-13)33-21(31)20-26(23,24)35-20/h6,8,11,14-15,17,19-20,27H,5,7,9-10,12H2,1-4H3,(H,29,30)/t14-,15-,17-,19-,20+,23-,24-,25+,26+/m0/s1. The van der Waals surface area contributed by atoms with Crippen LogP contribution in [0.1, 0.15) is 65.0 Å². The van der Waals surface area contributed by atoms with E-state index in [9.17, 15) is 24.6 Å². The van der Waals surface area contributed by atoms with Gasteiger partial charge in [0.1, 0.15) is 17.5 Å². The second kappa shape index (κ2) is 6.75. The number of carboxylic acid groups (broad SMARTS) is 1. The van der Waals surface area contributed by atoms with Crippen molar-refractivity contribution in [3.63, 3.8) is 0 Å². The third-order valence-corrected chi connectivity index (χ3v) is 10.5. The highest BCUT2D eigenvalue weighted by molar-refractivity contribution is 5.93. The largest absolute Gasteiger partial charge is 0.481 e. The maximum Gasteiger partial charge on any atom is 0.339 e. The van der Waals surface area contributed by atoms with Crippen molar-refractivity contribution < 1.29 is 43.2 Å². The number of ether oxygens (including phenoxy) is 3. The molecule has 2 aliphatic carbocycles. The number of esters is 1. The number of fused-ring (bicyclic) bond motifs is 3. The predicted octanol–water partition coefficient (Wildman–Crippen LogP) is 2.66. The lowest BCUT2D eigenvalue weighted by Crippen LogP contribution is -2.72. The highest BCUT2D eigenvalue weighted by atomic mass is 16.7. The number of hydrogen-bond acceptors (Lipinski definition) is 8. The molecule has 6 rings (SSSR count). The van der Waals surface area contributed by atoms with Gasteiger partial charge < -0.3 is 28.8 Å². The molecule has 2 N–H and O–H groups in total. The minimum Gasteiger partial charge on any atom is -0.481 e. The van der Waals surface area contributed by atoms with Crippen LogP contribution in [0.25, 0.3) is 0 Å². The van der Waals surface area contributed by atoms with E-state index in [1.165, 1.54) is 6.26 Å². The zero-order valence-corrected chi connectivity index (χ0v) is 20.4. The van der Waals surface area contributed by atoms with Crippen LogP contribution in [0.3, 0.4) is 0 Å². The molecule has 2 saturated carbocycles. The van der Waals surface area contributed by atoms with Crippen molar-refractivity contribution in [2.24, 2.45) is 28.1 Å². The van der Waals surface area contributed by atoms with Gasteiger partial charge in [0.2, 0.25) is 0 Å². The number of carbonyl (C=O) groups excluding carboxylic acids is 2. The van der Waals surface area contributed by atoms with Crippen molar-refractivity contribution in [3.05, 3.63) is 24.2 Å². The molecule has 0 radical (unpaired) electrons. The quantitative estimate of drug-likeness (QED) is 0.484. The second-order valence-electron chi connectivity index (χ2n) is 12.1. The molecule has 9 atom stereocenters. The summed E-state index contributed by atoms with van der Waals surface area (Å²) in [5.41, 5.74) is -3.99. The first-order valence-corrected chi connectivity index (χ1v) is 12.3. The van der Waals surface area contributed by atoms with Crippen molar-refractivity contribution in [1.82, 2.24) is 0 Å². The van der Waals surface area contributed by atoms with Gasteiger partial charge in [-0.25, -0.2) is 4.79 Å². The monoisotopic (exact) mass is 488 g/mol. The highest BCUT2D eigenvalue weighted by Crippen LogP contribution is 2.79. The summed E-state index contributed by atoms with van der Waals surface area (Å²) in [4.78, 5) is 39.1. The third-order valence-electron chi connectivity index (χ3n) is 10.5. The number of aliphatic hydroxyl groups excluding tert-OH is 1. The maximum atomic E-state index is 14.2. The number of carbonyl (C=O) groups is 3. The summed E-state index contributed by atoms with van der Waals surface area (Å²) in [6.45, 7) is 7.30. The number of hydrogen-bond donors (Lipinski definition) is 2. The van der Waals surface area contributed by atoms with Gasteiger partial charge in [0.05, 0.1) is 42.7 Å². The van der Waals surface area contributed by atoms with E-state index < -0.39 is 63.6 Å². The maximum absolute atomic E-state index is 14.2. The summed E-state index contributed by atoms with van der Waals surface area (Å²) in [6, 6.07) is 1.76. The Balaban J connectivity index is 1.53. The topological polar surface area (TPSA) is 136 Å². The second-order valence-corrected chi connectivity index (χ2v) is 12.1. The summed E-state index contributed by atoms with van der Waals surface area (Å²) in [5.74, 6) is -2.33. The normalized spacial score (nSPS) is 49.3. The number of Topliss-reactive ketones (excluding diaryl/α,β-unsaturated/α-hetero) is 1. The Morgan fingerprint density at radius 3 is 2.49 bits per heavy atom. The molecule has 3 saturated heterocycles. The fourth-order valence-electron chi connectivity index (χ4n) is 9.11. The molecule has 1 aromatic heterocycles. The van der Waals surface area contributed by atoms with Crippen LogP contribution in [-0.2, 0) is 28.6 Å². The Kier molecular flexibility index (Phi) is 4.47. The molecule has 35 heavy (non-hydrogen) atoms. The van der Waals surface area contributed by atoms with Gasteiger partial charge >= 0.3 is 11.9 Å². The van der Waals surface area contributed by atoms with Crippen LogP contribution in [-0.4, -0.2) is 58.0 Å². The van der Waals surface area contributed by atoms with Gasteiger partial charge in [0.25, 0.3) is 0 Å². The average Bonchev–Trinajstić information content (AvgIpc) is 3.28. The minimum absolute atomic E-state index is 0.0294. The molecule has 5 aliphatic rings. The van der Waals surface area contributed by atoms with E-state index in [1.54, 1.807) is 12.3 Å². The zero-order chi connectivity index (χ0) is 25.2. The van der Waals surface area contributed by atoms with E-state index in [4.69, 9.17) is 18.6 Å². The minimum atomic E-state index is -1.13. The van der Waals surface area contributed by atoms with Crippen LogP contribution in [0.5, 0.6) is 0 Å². The molecule has 9 heteroatoms. The van der Waals surface area contributed by atoms with Crippen molar-refractivity contribution in [1.29, 1.82) is 0 Å². The number of carboxylic acids is 1. The summed E-state index contributed by atoms with van der Waals surface area (Å²) in [7, 11) is 0. The smallest absolute Gasteiger partial charge is 0.339 e. The Bertz CT molecular complexity index is 1110. The van der Waals surface area contributed by atoms with Gasteiger partial charge in [0.15, 0.2) is 6.10 Å². The first-order valence-electron chi connectivity index (χ1n) is 12.3. The van der Waals surface area contributed by atoms with Gasteiger partial charge in [-0.1, -0.05) is 6.92 Å². The lowest BCUT2D eigenvalue weighted by molar-refractivity contribution is -0.217. The molecule has 4 heterocycles. The van der Waals surface area contributed by atoms with E-state index in [2.05, 4.69) is 0 Å². The SMILES string of the molecule is CC1(C)O[C@@H](CC(=O)O)[C@]2(CO)[C@H]3CC[C@@]4(C)[C@H](c5ccoc5)OC(=O)[C@H]5O[C@]54[C@]3(C)C(=O)C[C@@H]12. The van der Waals surface area contributed by atoms with Crippen LogP contribution in [0, 0.1) is 28.1 Å². The molecular weight excluding hydrogens is 456 g/mol. The van der Waals surface area contributed by atoms with Gasteiger partial charge in [-0.3, -0.25) is 9.59 Å². The predicted molar refractivity (Wildman–Crippen MR) is 118 cm³/mol. The van der Waals surface area contributed by atoms with Crippen LogP contribution >= 0.6 is 0 Å². The molecule has 0 unspecified atom stereocenters. The molecule has 0 aromatic carbocycles. The zero-order valence-electron chi connectivity index (χ0n) is 20.4.